The van der Waals surface area contributed by atoms with Gasteiger partial charge in [0, 0.05) is 10.5 Å². The minimum absolute atomic E-state index is 0.0312. The van der Waals surface area contributed by atoms with Crippen LogP contribution in [-0.4, -0.2) is 32.2 Å². The van der Waals surface area contributed by atoms with E-state index in [-0.39, 0.29) is 27.6 Å². The number of hydrogen-bond donors (Lipinski definition) is 1. The molecule has 0 bridgehead atoms. The van der Waals surface area contributed by atoms with Gasteiger partial charge in [-0.25, -0.2) is 13.4 Å². The van der Waals surface area contributed by atoms with Crippen LogP contribution in [0.2, 0.25) is 0 Å². The number of sulfonamides is 1. The third kappa shape index (κ3) is 4.31. The van der Waals surface area contributed by atoms with Gasteiger partial charge in [0.2, 0.25) is 0 Å². The molecule has 0 atom stereocenters. The standard InChI is InChI=1S/C23H20BrN3O5S/c1-14-25-18-7-5-4-6-17(18)23(28)27(14)16-9-10-19(21(13-16)32-3)26-33(29,30)22-12-15(24)8-11-20(22)31-2/h4-13,26H,1-3H3. The molecule has 0 fully saturated rings. The number of nitrogens with one attached hydrogen (secondary N) is 1. The second kappa shape index (κ2) is 8.87. The van der Waals surface area contributed by atoms with E-state index in [0.29, 0.717) is 26.9 Å². The third-order valence-corrected chi connectivity index (χ3v) is 6.93. The van der Waals surface area contributed by atoms with E-state index in [1.165, 1.54) is 30.9 Å². The summed E-state index contributed by atoms with van der Waals surface area (Å²) in [6.45, 7) is 1.73. The van der Waals surface area contributed by atoms with Gasteiger partial charge in [-0.1, -0.05) is 28.1 Å². The highest BCUT2D eigenvalue weighted by Crippen LogP contribution is 2.33. The van der Waals surface area contributed by atoms with Crippen molar-refractivity contribution in [3.05, 3.63) is 81.3 Å². The van der Waals surface area contributed by atoms with Crippen LogP contribution in [0.15, 0.2) is 74.8 Å². The largest absolute Gasteiger partial charge is 0.495 e. The maximum Gasteiger partial charge on any atom is 0.265 e. The van der Waals surface area contributed by atoms with Gasteiger partial charge in [-0.15, -0.1) is 0 Å². The molecule has 0 unspecified atom stereocenters. The molecule has 0 aliphatic carbocycles. The fourth-order valence-corrected chi connectivity index (χ4v) is 5.29. The van der Waals surface area contributed by atoms with E-state index in [2.05, 4.69) is 25.6 Å². The van der Waals surface area contributed by atoms with Crippen molar-refractivity contribution < 1.29 is 17.9 Å². The normalized spacial score (nSPS) is 11.4. The van der Waals surface area contributed by atoms with Crippen LogP contribution in [0, 0.1) is 6.92 Å². The van der Waals surface area contributed by atoms with Crippen LogP contribution in [0.25, 0.3) is 16.6 Å². The lowest BCUT2D eigenvalue weighted by atomic mass is 10.2. The molecule has 4 aromatic rings. The van der Waals surface area contributed by atoms with Crippen LogP contribution in [0.1, 0.15) is 5.82 Å². The fourth-order valence-electron chi connectivity index (χ4n) is 3.51. The number of hydrogen-bond acceptors (Lipinski definition) is 6. The Morgan fingerprint density at radius 1 is 0.970 bits per heavy atom. The van der Waals surface area contributed by atoms with E-state index >= 15 is 0 Å². The van der Waals surface area contributed by atoms with Gasteiger partial charge >= 0.3 is 0 Å². The van der Waals surface area contributed by atoms with E-state index in [9.17, 15) is 13.2 Å². The van der Waals surface area contributed by atoms with E-state index in [0.717, 1.165) is 0 Å². The number of halogens is 1. The molecule has 0 spiro atoms. The Morgan fingerprint density at radius 3 is 2.42 bits per heavy atom. The molecule has 4 rings (SSSR count). The van der Waals surface area contributed by atoms with Gasteiger partial charge in [-0.2, -0.15) is 0 Å². The Bertz CT molecular complexity index is 1530. The summed E-state index contributed by atoms with van der Waals surface area (Å²) < 4.78 is 41.4. The van der Waals surface area contributed by atoms with E-state index in [4.69, 9.17) is 9.47 Å². The van der Waals surface area contributed by atoms with Crippen LogP contribution >= 0.6 is 15.9 Å². The van der Waals surface area contributed by atoms with Gasteiger partial charge in [0.1, 0.15) is 22.2 Å². The Kier molecular flexibility index (Phi) is 6.13. The number of aromatic nitrogens is 2. The van der Waals surface area contributed by atoms with Gasteiger partial charge in [0.25, 0.3) is 15.6 Å². The summed E-state index contributed by atoms with van der Waals surface area (Å²) in [4.78, 5) is 17.6. The lowest BCUT2D eigenvalue weighted by Gasteiger charge is -2.16. The number of ether oxygens (including phenoxy) is 2. The molecule has 0 amide bonds. The molecule has 0 saturated carbocycles. The molecule has 1 N–H and O–H groups in total. The molecule has 0 saturated heterocycles. The second-order valence-electron chi connectivity index (χ2n) is 7.10. The minimum atomic E-state index is -4.00. The molecular formula is C23H20BrN3O5S. The predicted molar refractivity (Wildman–Crippen MR) is 130 cm³/mol. The molecule has 170 valence electrons. The van der Waals surface area contributed by atoms with Crippen molar-refractivity contribution in [2.45, 2.75) is 11.8 Å². The topological polar surface area (TPSA) is 99.5 Å². The van der Waals surface area contributed by atoms with Crippen LogP contribution in [0.3, 0.4) is 0 Å². The summed E-state index contributed by atoms with van der Waals surface area (Å²) in [6, 6.07) is 16.5. The molecular weight excluding hydrogens is 510 g/mol. The van der Waals surface area contributed by atoms with Gasteiger partial charge in [-0.05, 0) is 49.4 Å². The molecule has 0 aliphatic rings. The monoisotopic (exact) mass is 529 g/mol. The van der Waals surface area contributed by atoms with Gasteiger partial charge in [0.05, 0.1) is 36.5 Å². The zero-order chi connectivity index (χ0) is 23.8. The number of fused-ring (bicyclic) bond motifs is 1. The average molecular weight is 530 g/mol. The van der Waals surface area contributed by atoms with Crippen LogP contribution in [0.5, 0.6) is 11.5 Å². The van der Waals surface area contributed by atoms with Crippen molar-refractivity contribution in [1.29, 1.82) is 0 Å². The summed E-state index contributed by atoms with van der Waals surface area (Å²) in [5.74, 6) is 0.933. The molecule has 0 radical (unpaired) electrons. The molecule has 1 heterocycles. The van der Waals surface area contributed by atoms with Crippen molar-refractivity contribution in [3.8, 4) is 17.2 Å². The van der Waals surface area contributed by atoms with Crippen molar-refractivity contribution in [3.63, 3.8) is 0 Å². The quantitative estimate of drug-likeness (QED) is 0.400. The number of para-hydroxylation sites is 1. The van der Waals surface area contributed by atoms with Crippen LogP contribution in [-0.2, 0) is 10.0 Å². The summed E-state index contributed by atoms with van der Waals surface area (Å²) in [7, 11) is -1.18. The number of aryl methyl sites for hydroxylation is 1. The van der Waals surface area contributed by atoms with E-state index in [1.54, 1.807) is 49.4 Å². The number of methoxy groups -OCH3 is 2. The average Bonchev–Trinajstić information content (AvgIpc) is 2.79. The Hall–Kier alpha value is -3.37. The highest BCUT2D eigenvalue weighted by atomic mass is 79.9. The first-order chi connectivity index (χ1) is 15.7. The first-order valence-corrected chi connectivity index (χ1v) is 12.1. The number of rotatable bonds is 6. The lowest BCUT2D eigenvalue weighted by molar-refractivity contribution is 0.402. The highest BCUT2D eigenvalue weighted by molar-refractivity contribution is 9.10. The molecule has 1 aromatic heterocycles. The maximum absolute atomic E-state index is 13.1. The van der Waals surface area contributed by atoms with Crippen LogP contribution in [0.4, 0.5) is 5.69 Å². The first kappa shape index (κ1) is 22.8. The zero-order valence-electron chi connectivity index (χ0n) is 18.0. The Balaban J connectivity index is 1.79. The zero-order valence-corrected chi connectivity index (χ0v) is 20.4. The van der Waals surface area contributed by atoms with Gasteiger partial charge in [-0.3, -0.25) is 14.1 Å². The predicted octanol–water partition coefficient (Wildman–Crippen LogP) is 4.27. The summed E-state index contributed by atoms with van der Waals surface area (Å²) in [5.41, 5.74) is 1.08. The van der Waals surface area contributed by atoms with Crippen molar-refractivity contribution in [1.82, 2.24) is 9.55 Å². The van der Waals surface area contributed by atoms with Crippen molar-refractivity contribution >= 4 is 42.5 Å². The molecule has 10 heteroatoms. The molecule has 33 heavy (non-hydrogen) atoms. The van der Waals surface area contributed by atoms with E-state index in [1.807, 2.05) is 6.07 Å². The number of benzene rings is 3. The van der Waals surface area contributed by atoms with Gasteiger partial charge in [0.15, 0.2) is 0 Å². The third-order valence-electron chi connectivity index (χ3n) is 5.05. The second-order valence-corrected chi connectivity index (χ2v) is 9.67. The SMILES string of the molecule is COc1cc(-n2c(C)nc3ccccc3c2=O)ccc1NS(=O)(=O)c1cc(Br)ccc1OC. The van der Waals surface area contributed by atoms with Crippen molar-refractivity contribution in [2.75, 3.05) is 18.9 Å². The molecule has 3 aromatic carbocycles. The molecule has 0 aliphatic heterocycles. The Morgan fingerprint density at radius 2 is 1.70 bits per heavy atom. The van der Waals surface area contributed by atoms with Crippen molar-refractivity contribution in [2.24, 2.45) is 0 Å². The number of anilines is 1. The smallest absolute Gasteiger partial charge is 0.265 e. The molecule has 8 nitrogen and oxygen atoms in total. The highest BCUT2D eigenvalue weighted by Gasteiger charge is 2.22. The summed E-state index contributed by atoms with van der Waals surface area (Å²) in [5, 5.41) is 0.480. The van der Waals surface area contributed by atoms with E-state index < -0.39 is 10.0 Å². The Labute approximate surface area is 199 Å². The van der Waals surface area contributed by atoms with Crippen LogP contribution < -0.4 is 19.8 Å². The number of nitrogens with zero attached hydrogens (tertiary/aromatic N) is 2. The summed E-state index contributed by atoms with van der Waals surface area (Å²) in [6.07, 6.45) is 0. The first-order valence-electron chi connectivity index (χ1n) is 9.78. The lowest BCUT2D eigenvalue weighted by Crippen LogP contribution is -2.22. The van der Waals surface area contributed by atoms with Gasteiger partial charge < -0.3 is 9.47 Å². The maximum atomic E-state index is 13.1. The minimum Gasteiger partial charge on any atom is -0.495 e. The fraction of sp³-hybridized carbons (Fsp3) is 0.130. The summed E-state index contributed by atoms with van der Waals surface area (Å²) >= 11 is 3.29.